The Hall–Kier alpha value is -7.44. The molecule has 0 fully saturated rings. The zero-order valence-corrected chi connectivity index (χ0v) is 29.3. The number of aliphatic imine (C=N–C) groups is 2. The number of hydrogen-bond acceptors (Lipinski definition) is 4. The lowest BCUT2D eigenvalue weighted by Gasteiger charge is -2.11. The molecule has 0 atom stereocenters. The van der Waals surface area contributed by atoms with E-state index in [2.05, 4.69) is 65.6 Å². The van der Waals surface area contributed by atoms with E-state index in [-0.39, 0.29) is 5.84 Å². The first kappa shape index (κ1) is 33.7. The van der Waals surface area contributed by atoms with Crippen LogP contribution in [-0.2, 0) is 0 Å². The normalized spacial score (nSPS) is 11.4. The van der Waals surface area contributed by atoms with Crippen LogP contribution in [0.15, 0.2) is 204 Å². The fourth-order valence-corrected chi connectivity index (χ4v) is 6.18. The molecule has 0 saturated heterocycles. The molecule has 0 bridgehead atoms. The lowest BCUT2D eigenvalue weighted by atomic mass is 9.97. The lowest BCUT2D eigenvalue weighted by Crippen LogP contribution is -2.04. The average Bonchev–Trinajstić information content (AvgIpc) is 3.26. The van der Waals surface area contributed by atoms with Crippen molar-refractivity contribution in [1.82, 2.24) is 15.0 Å². The van der Waals surface area contributed by atoms with Crippen LogP contribution >= 0.6 is 0 Å². The van der Waals surface area contributed by atoms with Crippen LogP contribution in [0.3, 0.4) is 0 Å². The van der Waals surface area contributed by atoms with E-state index in [9.17, 15) is 0 Å². The summed E-state index contributed by atoms with van der Waals surface area (Å²) < 4.78 is 0. The highest BCUT2D eigenvalue weighted by molar-refractivity contribution is 6.13. The molecule has 54 heavy (non-hydrogen) atoms. The van der Waals surface area contributed by atoms with Crippen LogP contribution in [0.2, 0.25) is 0 Å². The van der Waals surface area contributed by atoms with Gasteiger partial charge in [0.05, 0.1) is 22.8 Å². The maximum absolute atomic E-state index is 9.00. The minimum absolute atomic E-state index is 0.131. The highest BCUT2D eigenvalue weighted by atomic mass is 14.9. The molecule has 0 aliphatic rings. The van der Waals surface area contributed by atoms with Crippen molar-refractivity contribution < 1.29 is 0 Å². The van der Waals surface area contributed by atoms with Gasteiger partial charge in [0.1, 0.15) is 0 Å². The number of aromatic nitrogens is 3. The van der Waals surface area contributed by atoms with Gasteiger partial charge in [-0.25, -0.2) is 15.0 Å². The first-order chi connectivity index (χ1) is 26.7. The number of pyridine rings is 3. The van der Waals surface area contributed by atoms with Crippen LogP contribution in [0.1, 0.15) is 16.7 Å². The Kier molecular flexibility index (Phi) is 9.89. The van der Waals surface area contributed by atoms with Gasteiger partial charge in [-0.15, -0.1) is 0 Å². The van der Waals surface area contributed by atoms with Crippen molar-refractivity contribution in [3.05, 3.63) is 211 Å². The summed E-state index contributed by atoms with van der Waals surface area (Å²) in [5, 5.41) is 9.00. The van der Waals surface area contributed by atoms with Crippen molar-refractivity contribution in [2.24, 2.45) is 9.98 Å². The van der Waals surface area contributed by atoms with E-state index in [0.29, 0.717) is 11.4 Å². The minimum atomic E-state index is 0.131. The van der Waals surface area contributed by atoms with E-state index in [0.717, 1.165) is 67.3 Å². The molecule has 0 radical (unpaired) electrons. The van der Waals surface area contributed by atoms with Crippen LogP contribution in [0.5, 0.6) is 0 Å². The summed E-state index contributed by atoms with van der Waals surface area (Å²) in [5.74, 6) is 0.604. The van der Waals surface area contributed by atoms with Crippen molar-refractivity contribution in [2.45, 2.75) is 0 Å². The first-order valence-electron chi connectivity index (χ1n) is 17.6. The van der Waals surface area contributed by atoms with Gasteiger partial charge in [0.2, 0.25) is 0 Å². The third kappa shape index (κ3) is 7.88. The molecule has 6 nitrogen and oxygen atoms in total. The van der Waals surface area contributed by atoms with Crippen LogP contribution in [0.25, 0.3) is 56.2 Å². The fraction of sp³-hybridized carbons (Fsp3) is 0. The fourth-order valence-electron chi connectivity index (χ4n) is 6.18. The van der Waals surface area contributed by atoms with Gasteiger partial charge in [-0.05, 0) is 87.5 Å². The van der Waals surface area contributed by atoms with Gasteiger partial charge in [0.25, 0.3) is 0 Å². The Labute approximate surface area is 314 Å². The van der Waals surface area contributed by atoms with Gasteiger partial charge in [0.15, 0.2) is 11.7 Å². The standard InChI is InChI=1S/C48H34N6/c49-47(54-48(36-18-8-3-9-19-36)52-33-34-14-4-1-5-15-34)41-23-13-22-39(29-41)37-20-12-21-38(28-37)40-25-27-51-44(30-40)46-32-42(35-16-6-2-7-17-35)31-45(53-46)43-24-10-11-26-50-43/h1-33,49H. The second-order valence-electron chi connectivity index (χ2n) is 12.6. The molecular weight excluding hydrogens is 661 g/mol. The molecule has 0 spiro atoms. The molecule has 8 aromatic rings. The number of amidine groups is 2. The predicted octanol–water partition coefficient (Wildman–Crippen LogP) is 11.1. The third-order valence-corrected chi connectivity index (χ3v) is 8.93. The molecule has 0 aliphatic carbocycles. The SMILES string of the molecule is N=C(N=C(N=Cc1ccccc1)c1ccccc1)c1cccc(-c2cccc(-c3ccnc(-c4cc(-c5ccccc5)cc(-c5ccccn5)n4)c3)c2)c1. The molecule has 0 unspecified atom stereocenters. The quantitative estimate of drug-likeness (QED) is 0.127. The number of benzene rings is 5. The molecule has 1 N–H and O–H groups in total. The molecular formula is C48H34N6. The highest BCUT2D eigenvalue weighted by Crippen LogP contribution is 2.32. The summed E-state index contributed by atoms with van der Waals surface area (Å²) >= 11 is 0. The van der Waals surface area contributed by atoms with E-state index < -0.39 is 0 Å². The summed E-state index contributed by atoms with van der Waals surface area (Å²) in [6, 6.07) is 60.4. The number of nitrogens with one attached hydrogen (secondary N) is 1. The summed E-state index contributed by atoms with van der Waals surface area (Å²) in [7, 11) is 0. The summed E-state index contributed by atoms with van der Waals surface area (Å²) in [6.07, 6.45) is 5.40. The first-order valence-corrected chi connectivity index (χ1v) is 17.6. The molecule has 6 heteroatoms. The van der Waals surface area contributed by atoms with Gasteiger partial charge < -0.3 is 0 Å². The molecule has 3 heterocycles. The second kappa shape index (κ2) is 15.8. The Morgan fingerprint density at radius 1 is 0.426 bits per heavy atom. The van der Waals surface area contributed by atoms with Gasteiger partial charge >= 0.3 is 0 Å². The molecule has 8 rings (SSSR count). The summed E-state index contributed by atoms with van der Waals surface area (Å²) in [4.78, 5) is 23.8. The molecule has 256 valence electrons. The van der Waals surface area contributed by atoms with Crippen molar-refractivity contribution in [3.63, 3.8) is 0 Å². The zero-order valence-electron chi connectivity index (χ0n) is 29.3. The van der Waals surface area contributed by atoms with Crippen molar-refractivity contribution in [1.29, 1.82) is 5.41 Å². The van der Waals surface area contributed by atoms with Gasteiger partial charge in [-0.3, -0.25) is 15.4 Å². The average molecular weight is 695 g/mol. The number of hydrogen-bond donors (Lipinski definition) is 1. The highest BCUT2D eigenvalue weighted by Gasteiger charge is 2.13. The number of rotatable bonds is 8. The Bertz CT molecular complexity index is 2540. The van der Waals surface area contributed by atoms with E-state index in [1.165, 1.54) is 0 Å². The molecule has 0 saturated carbocycles. The van der Waals surface area contributed by atoms with Crippen LogP contribution in [-0.4, -0.2) is 32.8 Å². The van der Waals surface area contributed by atoms with Crippen LogP contribution in [0.4, 0.5) is 0 Å². The van der Waals surface area contributed by atoms with E-state index >= 15 is 0 Å². The monoisotopic (exact) mass is 694 g/mol. The van der Waals surface area contributed by atoms with Gasteiger partial charge in [-0.2, -0.15) is 0 Å². The second-order valence-corrected chi connectivity index (χ2v) is 12.6. The van der Waals surface area contributed by atoms with Gasteiger partial charge in [0, 0.05) is 29.7 Å². The summed E-state index contributed by atoms with van der Waals surface area (Å²) in [6.45, 7) is 0. The van der Waals surface area contributed by atoms with Crippen molar-refractivity contribution >= 4 is 17.9 Å². The molecule has 5 aromatic carbocycles. The maximum Gasteiger partial charge on any atom is 0.161 e. The third-order valence-electron chi connectivity index (χ3n) is 8.93. The Morgan fingerprint density at radius 2 is 0.981 bits per heavy atom. The largest absolute Gasteiger partial charge is 0.282 e. The maximum atomic E-state index is 9.00. The molecule has 0 amide bonds. The minimum Gasteiger partial charge on any atom is -0.282 e. The molecule has 0 aliphatic heterocycles. The van der Waals surface area contributed by atoms with E-state index in [4.69, 9.17) is 25.4 Å². The van der Waals surface area contributed by atoms with Crippen molar-refractivity contribution in [2.75, 3.05) is 0 Å². The smallest absolute Gasteiger partial charge is 0.161 e. The summed E-state index contributed by atoms with van der Waals surface area (Å²) in [5.41, 5.74) is 11.8. The predicted molar refractivity (Wildman–Crippen MR) is 221 cm³/mol. The van der Waals surface area contributed by atoms with E-state index in [1.807, 2.05) is 128 Å². The topological polar surface area (TPSA) is 87.2 Å². The van der Waals surface area contributed by atoms with Crippen LogP contribution in [0, 0.1) is 5.41 Å². The van der Waals surface area contributed by atoms with Crippen molar-refractivity contribution in [3.8, 4) is 56.2 Å². The Balaban J connectivity index is 1.10. The Morgan fingerprint density at radius 3 is 1.70 bits per heavy atom. The van der Waals surface area contributed by atoms with Gasteiger partial charge in [-0.1, -0.05) is 133 Å². The number of nitrogens with zero attached hydrogens (tertiary/aromatic N) is 5. The van der Waals surface area contributed by atoms with Crippen LogP contribution < -0.4 is 0 Å². The zero-order chi connectivity index (χ0) is 36.5. The lowest BCUT2D eigenvalue weighted by molar-refractivity contribution is 1.22. The molecule has 3 aromatic heterocycles. The van der Waals surface area contributed by atoms with E-state index in [1.54, 1.807) is 12.4 Å².